The van der Waals surface area contributed by atoms with E-state index < -0.39 is 11.3 Å². The van der Waals surface area contributed by atoms with Crippen LogP contribution in [0.25, 0.3) is 0 Å². The minimum Gasteiger partial charge on any atom is -0.462 e. The summed E-state index contributed by atoms with van der Waals surface area (Å²) in [5.74, 6) is 0.800. The average molecular weight is 584 g/mol. The summed E-state index contributed by atoms with van der Waals surface area (Å²) in [4.78, 5) is 47.6. The van der Waals surface area contributed by atoms with Crippen molar-refractivity contribution >= 4 is 23.3 Å². The molecule has 2 N–H and O–H groups in total. The summed E-state index contributed by atoms with van der Waals surface area (Å²) in [7, 11) is 0. The van der Waals surface area contributed by atoms with E-state index >= 15 is 0 Å². The zero-order valence-electron chi connectivity index (χ0n) is 26.3. The molecule has 226 valence electrons. The number of ether oxygens (including phenoxy) is 2. The minimum atomic E-state index is -0.694. The quantitative estimate of drug-likeness (QED) is 0.136. The highest BCUT2D eigenvalue weighted by Crippen LogP contribution is 2.35. The molecule has 7 heteroatoms. The topological polar surface area (TPSA) is 113 Å². The zero-order chi connectivity index (χ0) is 32.5. The lowest BCUT2D eigenvalue weighted by atomic mass is 9.77. The molecule has 7 nitrogen and oxygen atoms in total. The maximum absolute atomic E-state index is 12.0. The lowest BCUT2D eigenvalue weighted by Gasteiger charge is -2.27. The summed E-state index contributed by atoms with van der Waals surface area (Å²) in [6, 6.07) is 9.51. The normalized spacial score (nSPS) is 12.9. The average Bonchev–Trinajstić information content (AvgIpc) is 2.94. The Hall–Kier alpha value is -4.78. The third kappa shape index (κ3) is 9.10. The Balaban J connectivity index is 2.30. The van der Waals surface area contributed by atoms with Crippen LogP contribution in [0.3, 0.4) is 0 Å². The van der Waals surface area contributed by atoms with Crippen LogP contribution in [0.2, 0.25) is 0 Å². The van der Waals surface area contributed by atoms with E-state index in [1.165, 1.54) is 26.8 Å². The van der Waals surface area contributed by atoms with Crippen molar-refractivity contribution in [2.24, 2.45) is 11.1 Å². The molecule has 0 radical (unpaired) electrons. The molecule has 0 aromatic heterocycles. The van der Waals surface area contributed by atoms with Gasteiger partial charge in [0.15, 0.2) is 17.3 Å². The Morgan fingerprint density at radius 3 is 1.74 bits per heavy atom. The number of carbonyl (C=O) groups is 4. The van der Waals surface area contributed by atoms with Gasteiger partial charge in [-0.25, -0.2) is 0 Å². The summed E-state index contributed by atoms with van der Waals surface area (Å²) >= 11 is 0. The summed E-state index contributed by atoms with van der Waals surface area (Å²) in [6.07, 6.45) is 9.99. The van der Waals surface area contributed by atoms with Crippen LogP contribution in [0.5, 0.6) is 11.5 Å². The van der Waals surface area contributed by atoms with Gasteiger partial charge >= 0.3 is 0 Å². The maximum Gasteiger partial charge on any atom is 0.249 e. The molecule has 2 aromatic carbocycles. The molecule has 0 aliphatic carbocycles. The summed E-state index contributed by atoms with van der Waals surface area (Å²) in [5, 5.41) is 0. The van der Waals surface area contributed by atoms with E-state index in [4.69, 9.17) is 15.2 Å². The van der Waals surface area contributed by atoms with Crippen molar-refractivity contribution in [3.8, 4) is 11.5 Å². The van der Waals surface area contributed by atoms with Gasteiger partial charge < -0.3 is 15.2 Å². The van der Waals surface area contributed by atoms with Gasteiger partial charge in [-0.2, -0.15) is 0 Å². The molecule has 0 saturated carbocycles. The molecular weight excluding hydrogens is 542 g/mol. The number of benzene rings is 2. The number of amides is 1. The van der Waals surface area contributed by atoms with Gasteiger partial charge in [-0.3, -0.25) is 19.2 Å². The van der Waals surface area contributed by atoms with E-state index in [0.717, 1.165) is 11.1 Å². The van der Waals surface area contributed by atoms with Crippen molar-refractivity contribution in [3.05, 3.63) is 118 Å². The lowest BCUT2D eigenvalue weighted by molar-refractivity contribution is 0.0973. The number of ketones is 3. The maximum atomic E-state index is 12.0. The number of Topliss-reactive ketones (excluding diaryl/α,β-unsaturated/α-hetero) is 3. The highest BCUT2D eigenvalue weighted by Gasteiger charge is 2.23. The van der Waals surface area contributed by atoms with Crippen LogP contribution in [0.4, 0.5) is 0 Å². The van der Waals surface area contributed by atoms with E-state index in [1.54, 1.807) is 43.3 Å². The second-order valence-corrected chi connectivity index (χ2v) is 10.7. The predicted molar refractivity (Wildman–Crippen MR) is 171 cm³/mol. The molecule has 0 spiro atoms. The largest absolute Gasteiger partial charge is 0.462 e. The second-order valence-electron chi connectivity index (χ2n) is 10.7. The van der Waals surface area contributed by atoms with Gasteiger partial charge in [0, 0.05) is 28.5 Å². The minimum absolute atomic E-state index is 0.119. The highest BCUT2D eigenvalue weighted by molar-refractivity contribution is 6.08. The molecule has 0 saturated heterocycles. The number of nitrogens with two attached hydrogens (primary N) is 1. The second kappa shape index (κ2) is 14.9. The van der Waals surface area contributed by atoms with Crippen LogP contribution in [-0.4, -0.2) is 23.3 Å². The predicted octanol–water partition coefficient (Wildman–Crippen LogP) is 8.13. The number of hydrogen-bond acceptors (Lipinski definition) is 6. The van der Waals surface area contributed by atoms with E-state index in [-0.39, 0.29) is 28.5 Å². The van der Waals surface area contributed by atoms with Crippen molar-refractivity contribution in [2.75, 3.05) is 0 Å². The van der Waals surface area contributed by atoms with E-state index in [0.29, 0.717) is 40.6 Å². The van der Waals surface area contributed by atoms with Gasteiger partial charge in [0.25, 0.3) is 0 Å². The van der Waals surface area contributed by atoms with E-state index in [2.05, 4.69) is 20.4 Å². The smallest absolute Gasteiger partial charge is 0.249 e. The Kier molecular flexibility index (Phi) is 11.9. The Labute approximate surface area is 254 Å². The molecule has 0 atom stereocenters. The van der Waals surface area contributed by atoms with Gasteiger partial charge in [0.1, 0.15) is 23.0 Å². The van der Waals surface area contributed by atoms with Gasteiger partial charge in [0.2, 0.25) is 5.91 Å². The summed E-state index contributed by atoms with van der Waals surface area (Å²) in [6.45, 7) is 18.2. The van der Waals surface area contributed by atoms with Gasteiger partial charge in [-0.15, -0.1) is 0 Å². The van der Waals surface area contributed by atoms with Crippen molar-refractivity contribution in [2.45, 2.75) is 61.8 Å². The van der Waals surface area contributed by atoms with Crippen LogP contribution in [-0.2, 0) is 0 Å². The first-order valence-corrected chi connectivity index (χ1v) is 14.0. The molecule has 2 aromatic rings. The number of hydrogen-bond donors (Lipinski definition) is 1. The fraction of sp³-hybridized carbons (Fsp3) is 0.278. The first kappa shape index (κ1) is 34.4. The first-order valence-electron chi connectivity index (χ1n) is 14.0. The van der Waals surface area contributed by atoms with Gasteiger partial charge in [0.05, 0.1) is 5.56 Å². The fourth-order valence-corrected chi connectivity index (χ4v) is 4.27. The molecule has 1 amide bonds. The molecule has 0 aliphatic heterocycles. The molecule has 0 aliphatic rings. The van der Waals surface area contributed by atoms with Crippen LogP contribution in [0, 0.1) is 5.41 Å². The molecule has 2 rings (SSSR count). The number of carbonyl (C=O) groups excluding carboxylic acids is 4. The monoisotopic (exact) mass is 583 g/mol. The molecule has 0 heterocycles. The molecule has 43 heavy (non-hydrogen) atoms. The van der Waals surface area contributed by atoms with Crippen molar-refractivity contribution < 1.29 is 28.7 Å². The highest BCUT2D eigenvalue weighted by atomic mass is 16.5. The number of rotatable bonds is 14. The molecule has 0 unspecified atom stereocenters. The zero-order valence-corrected chi connectivity index (χ0v) is 26.3. The number of allylic oxidation sites excluding steroid dienone is 9. The molecule has 0 bridgehead atoms. The third-order valence-corrected chi connectivity index (χ3v) is 7.21. The van der Waals surface area contributed by atoms with Crippen LogP contribution in [0.15, 0.2) is 96.0 Å². The van der Waals surface area contributed by atoms with E-state index in [9.17, 15) is 19.2 Å². The molecular formula is C36H41NO6. The van der Waals surface area contributed by atoms with Crippen LogP contribution >= 0.6 is 0 Å². The summed E-state index contributed by atoms with van der Waals surface area (Å²) < 4.78 is 11.9. The fourth-order valence-electron chi connectivity index (χ4n) is 4.27. The Morgan fingerprint density at radius 1 is 0.744 bits per heavy atom. The lowest BCUT2D eigenvalue weighted by Crippen LogP contribution is -2.15. The van der Waals surface area contributed by atoms with Crippen molar-refractivity contribution in [1.29, 1.82) is 0 Å². The Morgan fingerprint density at radius 2 is 1.26 bits per heavy atom. The third-order valence-electron chi connectivity index (χ3n) is 7.21. The van der Waals surface area contributed by atoms with Crippen LogP contribution < -0.4 is 15.2 Å². The van der Waals surface area contributed by atoms with Crippen molar-refractivity contribution in [3.63, 3.8) is 0 Å². The number of primary amides is 1. The molecule has 0 fully saturated rings. The Bertz CT molecular complexity index is 1570. The SMILES string of the molecule is C=C/C(=C\C=C(/C)Oc1ccc(C(C)=O)c(C(C)=O)c1)C(C)(C)/C(C)=C/C=C(\CC)Oc1ccc(C(C)=O)c(C(N)=O)c1. The van der Waals surface area contributed by atoms with Gasteiger partial charge in [-0.05, 0) is 88.7 Å². The van der Waals surface area contributed by atoms with Crippen LogP contribution in [0.1, 0.15) is 103 Å². The first-order chi connectivity index (χ1) is 20.1. The van der Waals surface area contributed by atoms with Gasteiger partial charge in [-0.1, -0.05) is 51.2 Å². The van der Waals surface area contributed by atoms with E-state index in [1.807, 2.05) is 38.2 Å². The van der Waals surface area contributed by atoms with Crippen molar-refractivity contribution in [1.82, 2.24) is 0 Å². The standard InChI is InChI=1S/C36H41NO6/c1-10-27(14-13-23(4)42-29-16-18-31(24(5)38)33(20-29)26(7)40)36(8,9)22(3)12-15-28(11-2)43-30-17-19-32(25(6)39)34(21-30)35(37)41/h10,12-21H,1,11H2,2-9H3,(H2,37,41)/b22-12+,23-13+,27-14+,28-15+. The summed E-state index contributed by atoms with van der Waals surface area (Å²) in [5.41, 5.74) is 8.11.